The molecule has 3 heteroatoms. The van der Waals surface area contributed by atoms with Crippen LogP contribution in [0.4, 0.5) is 0 Å². The van der Waals surface area contributed by atoms with Crippen LogP contribution >= 0.6 is 0 Å². The quantitative estimate of drug-likeness (QED) is 0.710. The third-order valence-corrected chi connectivity index (χ3v) is 3.31. The predicted octanol–water partition coefficient (Wildman–Crippen LogP) is 1.01. The molecule has 0 radical (unpaired) electrons. The fourth-order valence-electron chi connectivity index (χ4n) is 2.24. The minimum absolute atomic E-state index is 0.753. The lowest BCUT2D eigenvalue weighted by molar-refractivity contribution is 0.105. The van der Waals surface area contributed by atoms with E-state index in [1.807, 2.05) is 0 Å². The number of hydrogen-bond acceptors (Lipinski definition) is 3. The van der Waals surface area contributed by atoms with Gasteiger partial charge >= 0.3 is 0 Å². The van der Waals surface area contributed by atoms with Crippen molar-refractivity contribution in [3.63, 3.8) is 0 Å². The van der Waals surface area contributed by atoms with Gasteiger partial charge in [-0.05, 0) is 20.0 Å². The molecular weight excluding hydrogens is 186 g/mol. The second-order valence-corrected chi connectivity index (χ2v) is 4.59. The summed E-state index contributed by atoms with van der Waals surface area (Å²) in [5.74, 6) is 0. The van der Waals surface area contributed by atoms with Crippen molar-refractivity contribution >= 4 is 0 Å². The van der Waals surface area contributed by atoms with Crippen molar-refractivity contribution in [1.82, 2.24) is 15.1 Å². The number of likely N-dealkylation sites (N-methyl/N-ethyl adjacent to an activating group) is 2. The highest BCUT2D eigenvalue weighted by molar-refractivity contribution is 4.78. The Kier molecular flexibility index (Phi) is 6.22. The van der Waals surface area contributed by atoms with Crippen molar-refractivity contribution < 1.29 is 0 Å². The minimum atomic E-state index is 0.753. The summed E-state index contributed by atoms with van der Waals surface area (Å²) in [6.07, 6.45) is 2.62. The lowest BCUT2D eigenvalue weighted by atomic mass is 10.1. The van der Waals surface area contributed by atoms with E-state index in [4.69, 9.17) is 0 Å². The van der Waals surface area contributed by atoms with Crippen LogP contribution in [0.5, 0.6) is 0 Å². The highest BCUT2D eigenvalue weighted by atomic mass is 15.3. The molecule has 0 aromatic rings. The average Bonchev–Trinajstić information content (AvgIpc) is 2.25. The summed E-state index contributed by atoms with van der Waals surface area (Å²) in [6.45, 7) is 11.7. The van der Waals surface area contributed by atoms with E-state index in [1.54, 1.807) is 0 Å². The molecule has 15 heavy (non-hydrogen) atoms. The van der Waals surface area contributed by atoms with E-state index in [1.165, 1.54) is 39.0 Å². The number of rotatable bonds is 6. The second-order valence-electron chi connectivity index (χ2n) is 4.59. The Morgan fingerprint density at radius 1 is 1.13 bits per heavy atom. The molecule has 0 aromatic heterocycles. The maximum absolute atomic E-state index is 3.49. The van der Waals surface area contributed by atoms with Gasteiger partial charge in [-0.2, -0.15) is 0 Å². The summed E-state index contributed by atoms with van der Waals surface area (Å²) in [5, 5.41) is 3.49. The van der Waals surface area contributed by atoms with Crippen molar-refractivity contribution in [2.45, 2.75) is 32.7 Å². The van der Waals surface area contributed by atoms with Gasteiger partial charge in [0.1, 0.15) is 0 Å². The van der Waals surface area contributed by atoms with Gasteiger partial charge in [0, 0.05) is 38.8 Å². The van der Waals surface area contributed by atoms with E-state index in [0.29, 0.717) is 0 Å². The molecule has 1 unspecified atom stereocenters. The van der Waals surface area contributed by atoms with Crippen LogP contribution in [0, 0.1) is 0 Å². The third kappa shape index (κ3) is 4.49. The number of hydrogen-bond donors (Lipinski definition) is 1. The molecule has 0 aliphatic carbocycles. The molecule has 1 aliphatic heterocycles. The van der Waals surface area contributed by atoms with Gasteiger partial charge in [-0.15, -0.1) is 0 Å². The number of nitrogens with one attached hydrogen (secondary N) is 1. The van der Waals surface area contributed by atoms with E-state index < -0.39 is 0 Å². The van der Waals surface area contributed by atoms with Crippen LogP contribution in [0.3, 0.4) is 0 Å². The summed E-state index contributed by atoms with van der Waals surface area (Å²) in [5.41, 5.74) is 0. The summed E-state index contributed by atoms with van der Waals surface area (Å²) in [7, 11) is 2.22. The summed E-state index contributed by atoms with van der Waals surface area (Å²) in [6, 6.07) is 0.753. The monoisotopic (exact) mass is 213 g/mol. The molecular formula is C12H27N3. The van der Waals surface area contributed by atoms with E-state index in [0.717, 1.165) is 19.1 Å². The first kappa shape index (κ1) is 12.9. The van der Waals surface area contributed by atoms with E-state index in [2.05, 4.69) is 36.0 Å². The molecule has 1 atom stereocenters. The fraction of sp³-hybridized carbons (Fsp3) is 1.00. The first-order valence-corrected chi connectivity index (χ1v) is 6.41. The molecule has 0 aromatic carbocycles. The lowest BCUT2D eigenvalue weighted by Crippen LogP contribution is -2.51. The Labute approximate surface area is 94.8 Å². The van der Waals surface area contributed by atoms with Crippen molar-refractivity contribution in [3.05, 3.63) is 0 Å². The van der Waals surface area contributed by atoms with Gasteiger partial charge in [-0.3, -0.25) is 4.90 Å². The molecule has 1 saturated heterocycles. The Morgan fingerprint density at radius 2 is 1.80 bits per heavy atom. The van der Waals surface area contributed by atoms with Crippen LogP contribution in [0.25, 0.3) is 0 Å². The first-order chi connectivity index (χ1) is 7.27. The molecule has 1 aliphatic rings. The zero-order valence-electron chi connectivity index (χ0n) is 10.6. The van der Waals surface area contributed by atoms with E-state index in [9.17, 15) is 0 Å². The Bertz CT molecular complexity index is 153. The Morgan fingerprint density at radius 3 is 2.33 bits per heavy atom. The molecule has 1 heterocycles. The largest absolute Gasteiger partial charge is 0.315 e. The first-order valence-electron chi connectivity index (χ1n) is 6.41. The van der Waals surface area contributed by atoms with Crippen LogP contribution in [-0.4, -0.2) is 62.2 Å². The topological polar surface area (TPSA) is 18.5 Å². The summed E-state index contributed by atoms with van der Waals surface area (Å²) >= 11 is 0. The SMILES string of the molecule is CCCC(CNCC)N1CCN(C)CC1. The van der Waals surface area contributed by atoms with Crippen molar-refractivity contribution in [2.24, 2.45) is 0 Å². The normalized spacial score (nSPS) is 21.8. The minimum Gasteiger partial charge on any atom is -0.315 e. The van der Waals surface area contributed by atoms with E-state index >= 15 is 0 Å². The highest BCUT2D eigenvalue weighted by Gasteiger charge is 2.20. The smallest absolute Gasteiger partial charge is 0.0221 e. The predicted molar refractivity (Wildman–Crippen MR) is 66.3 cm³/mol. The second kappa shape index (κ2) is 7.20. The molecule has 0 bridgehead atoms. The van der Waals surface area contributed by atoms with Crippen LogP contribution in [-0.2, 0) is 0 Å². The van der Waals surface area contributed by atoms with Gasteiger partial charge in [0.2, 0.25) is 0 Å². The summed E-state index contributed by atoms with van der Waals surface area (Å²) < 4.78 is 0. The molecule has 1 N–H and O–H groups in total. The lowest BCUT2D eigenvalue weighted by Gasteiger charge is -2.38. The molecule has 0 saturated carbocycles. The molecule has 1 rings (SSSR count). The van der Waals surface area contributed by atoms with E-state index in [-0.39, 0.29) is 0 Å². The molecule has 0 amide bonds. The molecule has 3 nitrogen and oxygen atoms in total. The van der Waals surface area contributed by atoms with Crippen molar-refractivity contribution in [2.75, 3.05) is 46.3 Å². The van der Waals surface area contributed by atoms with Crippen LogP contribution < -0.4 is 5.32 Å². The molecule has 90 valence electrons. The summed E-state index contributed by atoms with van der Waals surface area (Å²) in [4.78, 5) is 5.08. The van der Waals surface area contributed by atoms with Crippen LogP contribution in [0.2, 0.25) is 0 Å². The van der Waals surface area contributed by atoms with Crippen LogP contribution in [0.15, 0.2) is 0 Å². The maximum Gasteiger partial charge on any atom is 0.0221 e. The standard InChI is InChI=1S/C12H27N3/c1-4-6-12(11-13-5-2)15-9-7-14(3)8-10-15/h12-13H,4-11H2,1-3H3. The zero-order chi connectivity index (χ0) is 11.1. The third-order valence-electron chi connectivity index (χ3n) is 3.31. The Hall–Kier alpha value is -0.120. The number of nitrogens with zero attached hydrogens (tertiary/aromatic N) is 2. The zero-order valence-corrected chi connectivity index (χ0v) is 10.6. The highest BCUT2D eigenvalue weighted by Crippen LogP contribution is 2.09. The van der Waals surface area contributed by atoms with Gasteiger partial charge in [-0.1, -0.05) is 20.3 Å². The maximum atomic E-state index is 3.49. The number of piperazine rings is 1. The Balaban J connectivity index is 2.33. The average molecular weight is 213 g/mol. The molecule has 0 spiro atoms. The van der Waals surface area contributed by atoms with Gasteiger partial charge in [0.25, 0.3) is 0 Å². The van der Waals surface area contributed by atoms with Gasteiger partial charge in [0.15, 0.2) is 0 Å². The van der Waals surface area contributed by atoms with Crippen molar-refractivity contribution in [1.29, 1.82) is 0 Å². The van der Waals surface area contributed by atoms with Gasteiger partial charge in [0.05, 0.1) is 0 Å². The van der Waals surface area contributed by atoms with Crippen LogP contribution in [0.1, 0.15) is 26.7 Å². The van der Waals surface area contributed by atoms with Gasteiger partial charge in [-0.25, -0.2) is 0 Å². The van der Waals surface area contributed by atoms with Gasteiger partial charge < -0.3 is 10.2 Å². The molecule has 1 fully saturated rings. The van der Waals surface area contributed by atoms with Crippen molar-refractivity contribution in [3.8, 4) is 0 Å². The fourth-order valence-corrected chi connectivity index (χ4v) is 2.24.